The van der Waals surface area contributed by atoms with E-state index in [2.05, 4.69) is 182 Å². The van der Waals surface area contributed by atoms with Gasteiger partial charge in [-0.1, -0.05) is 182 Å². The maximum atomic E-state index is 2.30. The molecule has 0 atom stereocenters. The zero-order chi connectivity index (χ0) is 27.5. The molecule has 0 spiro atoms. The third-order valence-electron chi connectivity index (χ3n) is 8.16. The molecule has 0 aliphatic heterocycles. The Balaban J connectivity index is 1.77. The molecule has 6 aromatic carbocycles. The molecule has 194 valence electrons. The van der Waals surface area contributed by atoms with Crippen molar-refractivity contribution in [2.24, 2.45) is 0 Å². The fourth-order valence-corrected chi connectivity index (χ4v) is 6.59. The molecule has 7 rings (SSSR count). The fraction of sp³-hybridized carbons (Fsp3) is 0.0244. The summed E-state index contributed by atoms with van der Waals surface area (Å²) >= 11 is 0. The lowest BCUT2D eigenvalue weighted by molar-refractivity contribution is 0.872. The molecule has 0 saturated carbocycles. The number of benzene rings is 6. The molecule has 0 N–H and O–H groups in total. The van der Waals surface area contributed by atoms with E-state index in [1.807, 2.05) is 0 Å². The van der Waals surface area contributed by atoms with Crippen LogP contribution in [-0.4, -0.2) is 0 Å². The van der Waals surface area contributed by atoms with E-state index in [0.29, 0.717) is 0 Å². The second kappa shape index (κ2) is 10.8. The van der Waals surface area contributed by atoms with Crippen molar-refractivity contribution in [3.8, 4) is 0 Å². The van der Waals surface area contributed by atoms with E-state index in [1.54, 1.807) is 0 Å². The first-order valence-corrected chi connectivity index (χ1v) is 14.2. The van der Waals surface area contributed by atoms with Crippen molar-refractivity contribution in [1.29, 1.82) is 0 Å². The Kier molecular flexibility index (Phi) is 6.51. The maximum absolute atomic E-state index is 2.30. The minimum Gasteiger partial charge on any atom is -0.0622 e. The van der Waals surface area contributed by atoms with Crippen molar-refractivity contribution >= 4 is 22.3 Å². The van der Waals surface area contributed by atoms with Crippen LogP contribution >= 0.6 is 0 Å². The van der Waals surface area contributed by atoms with Crippen molar-refractivity contribution in [2.45, 2.75) is 5.41 Å². The average Bonchev–Trinajstić information content (AvgIpc) is 3.40. The monoisotopic (exact) mass is 522 g/mol. The van der Waals surface area contributed by atoms with Gasteiger partial charge in [-0.05, 0) is 55.7 Å². The van der Waals surface area contributed by atoms with Gasteiger partial charge >= 0.3 is 0 Å². The molecule has 0 radical (unpaired) electrons. The largest absolute Gasteiger partial charge is 0.0725 e. The van der Waals surface area contributed by atoms with Crippen LogP contribution in [0.4, 0.5) is 0 Å². The highest BCUT2D eigenvalue weighted by Crippen LogP contribution is 2.64. The summed E-state index contributed by atoms with van der Waals surface area (Å²) in [5.74, 6) is 0. The minimum atomic E-state index is -0.568. The number of hydrogen-bond acceptors (Lipinski definition) is 0. The summed E-state index contributed by atoms with van der Waals surface area (Å²) in [7, 11) is 0. The van der Waals surface area contributed by atoms with Crippen LogP contribution < -0.4 is 0 Å². The van der Waals surface area contributed by atoms with Gasteiger partial charge in [0.2, 0.25) is 0 Å². The van der Waals surface area contributed by atoms with Gasteiger partial charge < -0.3 is 0 Å². The highest BCUT2D eigenvalue weighted by Gasteiger charge is 2.50. The number of hydrogen-bond donors (Lipinski definition) is 0. The van der Waals surface area contributed by atoms with Crippen LogP contribution in [0.5, 0.6) is 0 Å². The van der Waals surface area contributed by atoms with Crippen molar-refractivity contribution in [3.05, 3.63) is 215 Å². The molecule has 0 unspecified atom stereocenters. The average molecular weight is 523 g/mol. The molecule has 6 aromatic rings. The third kappa shape index (κ3) is 4.17. The van der Waals surface area contributed by atoms with Gasteiger partial charge in [-0.3, -0.25) is 0 Å². The second-order valence-corrected chi connectivity index (χ2v) is 10.4. The van der Waals surface area contributed by atoms with E-state index in [0.717, 1.165) is 0 Å². The van der Waals surface area contributed by atoms with Gasteiger partial charge in [0.1, 0.15) is 0 Å². The van der Waals surface area contributed by atoms with Gasteiger partial charge in [0, 0.05) is 0 Å². The summed E-state index contributed by atoms with van der Waals surface area (Å²) in [4.78, 5) is 0. The summed E-state index contributed by atoms with van der Waals surface area (Å²) in [6, 6.07) is 66.0. The van der Waals surface area contributed by atoms with E-state index in [1.165, 1.54) is 55.7 Å². The first-order valence-electron chi connectivity index (χ1n) is 14.2. The number of allylic oxidation sites excluding steroid dienone is 4. The van der Waals surface area contributed by atoms with Crippen LogP contribution in [0.3, 0.4) is 0 Å². The second-order valence-electron chi connectivity index (χ2n) is 10.4. The predicted molar refractivity (Wildman–Crippen MR) is 173 cm³/mol. The van der Waals surface area contributed by atoms with Crippen LogP contribution in [0.1, 0.15) is 33.4 Å². The maximum Gasteiger partial charge on any atom is 0.0725 e. The van der Waals surface area contributed by atoms with Crippen molar-refractivity contribution in [1.82, 2.24) is 0 Å². The zero-order valence-corrected chi connectivity index (χ0v) is 22.8. The predicted octanol–water partition coefficient (Wildman–Crippen LogP) is 10.2. The molecule has 41 heavy (non-hydrogen) atoms. The Morgan fingerprint density at radius 1 is 0.244 bits per heavy atom. The highest BCUT2D eigenvalue weighted by atomic mass is 14.5. The Hall–Kier alpha value is -5.20. The minimum absolute atomic E-state index is 0.568. The Morgan fingerprint density at radius 3 is 0.780 bits per heavy atom. The summed E-state index contributed by atoms with van der Waals surface area (Å²) in [6.07, 6.45) is 0. The molecule has 0 heteroatoms. The van der Waals surface area contributed by atoms with E-state index >= 15 is 0 Å². The summed E-state index contributed by atoms with van der Waals surface area (Å²) in [5.41, 5.74) is 12.0. The molecule has 0 fully saturated rings. The molecular formula is C41H30. The van der Waals surface area contributed by atoms with Gasteiger partial charge in [-0.15, -0.1) is 0 Å². The summed E-state index contributed by atoms with van der Waals surface area (Å²) in [6.45, 7) is 0. The molecular weight excluding hydrogens is 492 g/mol. The van der Waals surface area contributed by atoms with Crippen LogP contribution in [0.25, 0.3) is 22.3 Å². The standard InChI is InChI=1S/C41H30/c1-7-19-31(20-8-1)37-38(32-21-9-2-10-22-32)40(34-25-13-4-14-26-34)41(35-27-15-5-16-28-35,36-29-17-6-18-30-36)39(37)33-23-11-3-12-24-33/h1-30H. The first-order chi connectivity index (χ1) is 20.4. The quantitative estimate of drug-likeness (QED) is 0.204. The lowest BCUT2D eigenvalue weighted by Crippen LogP contribution is -2.29. The van der Waals surface area contributed by atoms with Crippen molar-refractivity contribution < 1.29 is 0 Å². The van der Waals surface area contributed by atoms with Crippen molar-refractivity contribution in [2.75, 3.05) is 0 Å². The van der Waals surface area contributed by atoms with Gasteiger partial charge in [-0.25, -0.2) is 0 Å². The Bertz CT molecular complexity index is 1670. The molecule has 0 aromatic heterocycles. The Morgan fingerprint density at radius 2 is 0.488 bits per heavy atom. The first kappa shape index (κ1) is 24.8. The van der Waals surface area contributed by atoms with E-state index in [9.17, 15) is 0 Å². The molecule has 0 saturated heterocycles. The molecule has 0 amide bonds. The normalized spacial score (nSPS) is 14.3. The summed E-state index contributed by atoms with van der Waals surface area (Å²) in [5, 5.41) is 0. The molecule has 0 nitrogen and oxygen atoms in total. The van der Waals surface area contributed by atoms with Gasteiger partial charge in [0.25, 0.3) is 0 Å². The molecule has 1 aliphatic rings. The van der Waals surface area contributed by atoms with Gasteiger partial charge in [0.05, 0.1) is 5.41 Å². The smallest absolute Gasteiger partial charge is 0.0622 e. The fourth-order valence-electron chi connectivity index (χ4n) is 6.59. The molecule has 1 aliphatic carbocycles. The van der Waals surface area contributed by atoms with Crippen LogP contribution in [0.15, 0.2) is 182 Å². The van der Waals surface area contributed by atoms with Crippen LogP contribution in [-0.2, 0) is 5.41 Å². The summed E-state index contributed by atoms with van der Waals surface area (Å²) < 4.78 is 0. The SMILES string of the molecule is c1ccc(C2=C(c3ccccc3)C(c3ccccc3)(c3ccccc3)C(c3ccccc3)=C2c2ccccc2)cc1. The third-order valence-corrected chi connectivity index (χ3v) is 8.16. The van der Waals surface area contributed by atoms with E-state index < -0.39 is 5.41 Å². The lowest BCUT2D eigenvalue weighted by atomic mass is 9.63. The van der Waals surface area contributed by atoms with E-state index in [-0.39, 0.29) is 0 Å². The van der Waals surface area contributed by atoms with E-state index in [4.69, 9.17) is 0 Å². The molecule has 0 bridgehead atoms. The topological polar surface area (TPSA) is 0 Å². The van der Waals surface area contributed by atoms with Crippen molar-refractivity contribution in [3.63, 3.8) is 0 Å². The molecule has 0 heterocycles. The lowest BCUT2D eigenvalue weighted by Gasteiger charge is -2.38. The van der Waals surface area contributed by atoms with Crippen LogP contribution in [0.2, 0.25) is 0 Å². The zero-order valence-electron chi connectivity index (χ0n) is 22.8. The van der Waals surface area contributed by atoms with Gasteiger partial charge in [-0.2, -0.15) is 0 Å². The van der Waals surface area contributed by atoms with Crippen LogP contribution in [0, 0.1) is 0 Å². The number of rotatable bonds is 6. The van der Waals surface area contributed by atoms with Gasteiger partial charge in [0.15, 0.2) is 0 Å². The highest BCUT2D eigenvalue weighted by molar-refractivity contribution is 6.32. The Labute approximate surface area is 242 Å².